The molecule has 0 amide bonds. The molecule has 0 unspecified atom stereocenters. The fourth-order valence-electron chi connectivity index (χ4n) is 5.26. The van der Waals surface area contributed by atoms with E-state index in [9.17, 15) is 14.7 Å². The van der Waals surface area contributed by atoms with Crippen molar-refractivity contribution in [1.29, 1.82) is 0 Å². The fourth-order valence-corrected chi connectivity index (χ4v) is 5.26. The van der Waals surface area contributed by atoms with Crippen molar-refractivity contribution in [3.63, 3.8) is 0 Å². The first-order chi connectivity index (χ1) is 13.9. The highest BCUT2D eigenvalue weighted by Gasteiger charge is 2.70. The average molecular weight is 417 g/mol. The molecule has 3 aliphatic heterocycles. The smallest absolute Gasteiger partial charge is 0.335 e. The molecule has 0 aromatic heterocycles. The Kier molecular flexibility index (Phi) is 4.73. The zero-order chi connectivity index (χ0) is 21.9. The van der Waals surface area contributed by atoms with Crippen LogP contribution in [0.5, 0.6) is 0 Å². The maximum atomic E-state index is 12.3. The van der Waals surface area contributed by atoms with Crippen LogP contribution in [-0.2, 0) is 23.8 Å². The first-order valence-electron chi connectivity index (χ1n) is 10.8. The monoisotopic (exact) mass is 416 g/mol. The van der Waals surface area contributed by atoms with Gasteiger partial charge in [0.25, 0.3) is 0 Å². The van der Waals surface area contributed by atoms with Gasteiger partial charge in [0.05, 0.1) is 18.6 Å². The fraction of sp³-hybridized carbons (Fsp3) is 0.667. The number of hydrogen-bond donors (Lipinski definition) is 1. The third kappa shape index (κ3) is 3.29. The van der Waals surface area contributed by atoms with Gasteiger partial charge in [-0.15, -0.1) is 0 Å². The zero-order valence-electron chi connectivity index (χ0n) is 18.5. The summed E-state index contributed by atoms with van der Waals surface area (Å²) in [4.78, 5) is 24.6. The van der Waals surface area contributed by atoms with E-state index < -0.39 is 34.8 Å². The number of esters is 2. The van der Waals surface area contributed by atoms with Gasteiger partial charge in [-0.25, -0.2) is 4.79 Å². The molecule has 6 heteroatoms. The van der Waals surface area contributed by atoms with Gasteiger partial charge >= 0.3 is 11.9 Å². The van der Waals surface area contributed by atoms with Crippen LogP contribution in [0.15, 0.2) is 35.6 Å². The second kappa shape index (κ2) is 6.71. The number of aliphatic hydroxyl groups is 1. The lowest BCUT2D eigenvalue weighted by molar-refractivity contribution is -0.221. The van der Waals surface area contributed by atoms with Crippen LogP contribution >= 0.6 is 0 Å². The first kappa shape index (κ1) is 21.2. The van der Waals surface area contributed by atoms with Gasteiger partial charge in [0.15, 0.2) is 11.4 Å². The van der Waals surface area contributed by atoms with E-state index >= 15 is 0 Å². The van der Waals surface area contributed by atoms with Gasteiger partial charge in [-0.1, -0.05) is 32.1 Å². The van der Waals surface area contributed by atoms with Gasteiger partial charge in [-0.05, 0) is 44.6 Å². The highest BCUT2D eigenvalue weighted by molar-refractivity contribution is 5.87. The molecule has 0 saturated carbocycles. The minimum Gasteiger partial charge on any atom is -0.487 e. The number of carbonyl (C=O) groups excluding carboxylic acids is 2. The Labute approximate surface area is 177 Å². The summed E-state index contributed by atoms with van der Waals surface area (Å²) in [6.45, 7) is 10.0. The number of allylic oxidation sites excluding steroid dienone is 2. The van der Waals surface area contributed by atoms with Gasteiger partial charge in [-0.2, -0.15) is 0 Å². The molecule has 5 atom stereocenters. The molecular formula is C24H32O6. The molecule has 4 rings (SSSR count). The molecule has 0 bridgehead atoms. The summed E-state index contributed by atoms with van der Waals surface area (Å²) in [6.07, 6.45) is 9.50. The van der Waals surface area contributed by atoms with Gasteiger partial charge in [0, 0.05) is 18.8 Å². The van der Waals surface area contributed by atoms with Crippen LogP contribution in [-0.4, -0.2) is 40.0 Å². The Morgan fingerprint density at radius 1 is 1.07 bits per heavy atom. The molecule has 30 heavy (non-hydrogen) atoms. The Morgan fingerprint density at radius 2 is 1.80 bits per heavy atom. The number of aliphatic hydroxyl groups excluding tert-OH is 1. The number of ether oxygens (including phenoxy) is 3. The summed E-state index contributed by atoms with van der Waals surface area (Å²) in [6, 6.07) is 0. The lowest BCUT2D eigenvalue weighted by atomic mass is 9.66. The average Bonchev–Trinajstić information content (AvgIpc) is 2.86. The van der Waals surface area contributed by atoms with E-state index in [1.54, 1.807) is 6.92 Å². The highest BCUT2D eigenvalue weighted by atomic mass is 16.6. The summed E-state index contributed by atoms with van der Waals surface area (Å²) >= 11 is 0. The standard InChI is InChI=1S/C24H32O6/c1-15-7-10-21(2,3)8-6-9-22(4)16(11-17(15)25)13-24-18(28-22)12-19(26)29-23(24,5)14-20(27)30-24/h6-8,12,16-17,25H,9-11,13-14H2,1-5H3/b8-6-,15-7-/t16-,17+,22+,23-,24-/m1/s1. The Hall–Kier alpha value is -2.08. The SMILES string of the molecule is C/C1=C/CC(C)(C)/C=C\C[C@]2(C)OC3=CC(=O)O[C@]4(C)CC(=O)O[C@]34C[C@H]2C[C@@H]1O. The minimum atomic E-state index is -1.14. The zero-order valence-corrected chi connectivity index (χ0v) is 18.5. The van der Waals surface area contributed by atoms with Crippen LogP contribution in [0.1, 0.15) is 66.7 Å². The summed E-state index contributed by atoms with van der Waals surface area (Å²) in [7, 11) is 0. The topological polar surface area (TPSA) is 82.1 Å². The molecule has 4 aliphatic rings. The number of rotatable bonds is 0. The normalized spacial score (nSPS) is 45.7. The Bertz CT molecular complexity index is 867. The summed E-state index contributed by atoms with van der Waals surface area (Å²) < 4.78 is 17.9. The lowest BCUT2D eigenvalue weighted by Gasteiger charge is -2.54. The molecule has 0 radical (unpaired) electrons. The van der Waals surface area contributed by atoms with Crippen LogP contribution in [0.4, 0.5) is 0 Å². The van der Waals surface area contributed by atoms with E-state index in [4.69, 9.17) is 14.2 Å². The third-order valence-electron chi connectivity index (χ3n) is 7.41. The molecule has 1 aliphatic carbocycles. The van der Waals surface area contributed by atoms with Gasteiger partial charge in [-0.3, -0.25) is 4.79 Å². The van der Waals surface area contributed by atoms with Gasteiger partial charge in [0.1, 0.15) is 5.60 Å². The van der Waals surface area contributed by atoms with E-state index in [0.717, 1.165) is 12.0 Å². The van der Waals surface area contributed by atoms with Crippen molar-refractivity contribution in [1.82, 2.24) is 0 Å². The second-order valence-electron chi connectivity index (χ2n) is 10.5. The van der Waals surface area contributed by atoms with Crippen molar-refractivity contribution < 1.29 is 28.9 Å². The van der Waals surface area contributed by atoms with E-state index in [1.165, 1.54) is 6.08 Å². The van der Waals surface area contributed by atoms with Crippen molar-refractivity contribution >= 4 is 11.9 Å². The van der Waals surface area contributed by atoms with Crippen molar-refractivity contribution in [2.24, 2.45) is 11.3 Å². The van der Waals surface area contributed by atoms with Gasteiger partial charge < -0.3 is 19.3 Å². The van der Waals surface area contributed by atoms with Crippen molar-refractivity contribution in [3.05, 3.63) is 35.6 Å². The molecule has 0 aromatic rings. The number of hydrogen-bond acceptors (Lipinski definition) is 6. The minimum absolute atomic E-state index is 0.00154. The van der Waals surface area contributed by atoms with E-state index in [2.05, 4.69) is 32.1 Å². The van der Waals surface area contributed by atoms with Crippen LogP contribution in [0.2, 0.25) is 0 Å². The van der Waals surface area contributed by atoms with Crippen LogP contribution in [0.25, 0.3) is 0 Å². The number of carbonyl (C=O) groups is 2. The van der Waals surface area contributed by atoms with E-state index in [-0.39, 0.29) is 17.8 Å². The Morgan fingerprint density at radius 3 is 2.53 bits per heavy atom. The van der Waals surface area contributed by atoms with Gasteiger partial charge in [0.2, 0.25) is 5.60 Å². The summed E-state index contributed by atoms with van der Waals surface area (Å²) in [5, 5.41) is 11.0. The van der Waals surface area contributed by atoms with Crippen molar-refractivity contribution in [2.45, 2.75) is 89.6 Å². The van der Waals surface area contributed by atoms with Crippen molar-refractivity contribution in [2.75, 3.05) is 0 Å². The second-order valence-corrected chi connectivity index (χ2v) is 10.5. The van der Waals surface area contributed by atoms with Crippen LogP contribution < -0.4 is 0 Å². The largest absolute Gasteiger partial charge is 0.487 e. The molecule has 2 saturated heterocycles. The maximum Gasteiger partial charge on any atom is 0.335 e. The van der Waals surface area contributed by atoms with Crippen molar-refractivity contribution in [3.8, 4) is 0 Å². The first-order valence-corrected chi connectivity index (χ1v) is 10.8. The maximum absolute atomic E-state index is 12.3. The highest BCUT2D eigenvalue weighted by Crippen LogP contribution is 2.57. The molecule has 0 aromatic carbocycles. The van der Waals surface area contributed by atoms with Crippen LogP contribution in [0.3, 0.4) is 0 Å². The Balaban J connectivity index is 1.78. The molecule has 1 N–H and O–H groups in total. The molecular weight excluding hydrogens is 384 g/mol. The lowest BCUT2D eigenvalue weighted by Crippen LogP contribution is -2.63. The van der Waals surface area contributed by atoms with E-state index in [1.807, 2.05) is 13.8 Å². The molecule has 6 nitrogen and oxygen atoms in total. The van der Waals surface area contributed by atoms with Crippen LogP contribution in [0, 0.1) is 11.3 Å². The number of fused-ring (bicyclic) bond motifs is 1. The predicted molar refractivity (Wildman–Crippen MR) is 110 cm³/mol. The summed E-state index contributed by atoms with van der Waals surface area (Å²) in [5.41, 5.74) is -2.00. The molecule has 164 valence electrons. The molecule has 2 fully saturated rings. The summed E-state index contributed by atoms with van der Waals surface area (Å²) in [5.74, 6) is -0.660. The third-order valence-corrected chi connectivity index (χ3v) is 7.41. The quantitative estimate of drug-likeness (QED) is 0.479. The van der Waals surface area contributed by atoms with E-state index in [0.29, 0.717) is 25.0 Å². The molecule has 1 spiro atoms. The predicted octanol–water partition coefficient (Wildman–Crippen LogP) is 3.74. The molecule has 3 heterocycles.